The number of hydrogen-bond acceptors (Lipinski definition) is 5. The molecular weight excluding hydrogens is 384 g/mol. The van der Waals surface area contributed by atoms with Crippen LogP contribution in [-0.2, 0) is 0 Å². The highest BCUT2D eigenvalue weighted by Crippen LogP contribution is 2.30. The molecule has 2 aromatic carbocycles. The molecule has 0 fully saturated rings. The van der Waals surface area contributed by atoms with Crippen molar-refractivity contribution in [3.63, 3.8) is 0 Å². The van der Waals surface area contributed by atoms with Crippen LogP contribution in [0.4, 0.5) is 0 Å². The van der Waals surface area contributed by atoms with Gasteiger partial charge < -0.3 is 4.74 Å². The third-order valence-electron chi connectivity index (χ3n) is 4.53. The van der Waals surface area contributed by atoms with Crippen LogP contribution >= 0.6 is 11.3 Å². The van der Waals surface area contributed by atoms with E-state index in [4.69, 9.17) is 4.74 Å². The number of thiophene rings is 1. The lowest BCUT2D eigenvalue weighted by Gasteiger charge is -2.11. The number of benzene rings is 2. The second-order valence-corrected chi connectivity index (χ2v) is 7.48. The van der Waals surface area contributed by atoms with Crippen LogP contribution in [0.5, 0.6) is 5.75 Å². The van der Waals surface area contributed by atoms with E-state index in [2.05, 4.69) is 22.5 Å². The summed E-state index contributed by atoms with van der Waals surface area (Å²) < 4.78 is 7.02. The largest absolute Gasteiger partial charge is 0.497 e. The fourth-order valence-corrected chi connectivity index (χ4v) is 4.04. The monoisotopic (exact) mass is 404 g/mol. The highest BCUT2D eigenvalue weighted by molar-refractivity contribution is 7.20. The van der Waals surface area contributed by atoms with Crippen molar-refractivity contribution in [2.24, 2.45) is 0 Å². The normalized spacial score (nSPS) is 10.7. The first-order chi connectivity index (χ1) is 14.1. The van der Waals surface area contributed by atoms with Crippen LogP contribution in [0.15, 0.2) is 67.2 Å². The van der Waals surface area contributed by atoms with Gasteiger partial charge in [0.25, 0.3) is 5.91 Å². The van der Waals surface area contributed by atoms with Crippen LogP contribution in [0.1, 0.15) is 20.9 Å². The lowest BCUT2D eigenvalue weighted by atomic mass is 10.2. The van der Waals surface area contributed by atoms with E-state index in [1.807, 2.05) is 72.3 Å². The third-order valence-corrected chi connectivity index (χ3v) is 5.64. The van der Waals surface area contributed by atoms with Crippen molar-refractivity contribution in [3.8, 4) is 11.4 Å². The van der Waals surface area contributed by atoms with Crippen LogP contribution < -0.4 is 15.6 Å². The molecular formula is C22H20N4O2S. The van der Waals surface area contributed by atoms with E-state index in [0.29, 0.717) is 10.6 Å². The molecule has 2 aromatic heterocycles. The smallest absolute Gasteiger partial charge is 0.279 e. The Morgan fingerprint density at radius 1 is 1.10 bits per heavy atom. The maximum atomic E-state index is 12.7. The summed E-state index contributed by atoms with van der Waals surface area (Å²) in [5.41, 5.74) is 8.90. The average molecular weight is 404 g/mol. The van der Waals surface area contributed by atoms with Crippen LogP contribution in [0.2, 0.25) is 0 Å². The average Bonchev–Trinajstić information content (AvgIpc) is 3.33. The first-order valence-corrected chi connectivity index (χ1v) is 9.83. The highest BCUT2D eigenvalue weighted by atomic mass is 32.1. The predicted molar refractivity (Wildman–Crippen MR) is 116 cm³/mol. The molecule has 1 amide bonds. The minimum absolute atomic E-state index is 0.222. The van der Waals surface area contributed by atoms with Gasteiger partial charge in [-0.1, -0.05) is 24.8 Å². The predicted octanol–water partition coefficient (Wildman–Crippen LogP) is 4.31. The zero-order valence-corrected chi connectivity index (χ0v) is 16.9. The van der Waals surface area contributed by atoms with E-state index in [1.54, 1.807) is 7.11 Å². The Bertz CT molecular complexity index is 1180. The number of amides is 1. The molecule has 0 aliphatic carbocycles. The number of aryl methyl sites for hydroxylation is 1. The van der Waals surface area contributed by atoms with Crippen molar-refractivity contribution < 1.29 is 9.53 Å². The van der Waals surface area contributed by atoms with Crippen molar-refractivity contribution in [1.29, 1.82) is 0 Å². The molecule has 2 N–H and O–H groups in total. The lowest BCUT2D eigenvalue weighted by molar-refractivity contribution is 0.0946. The Morgan fingerprint density at radius 2 is 1.83 bits per heavy atom. The standard InChI is InChI=1S/C22H20N4O2S/c1-14(16-9-11-18(28-3)12-10-16)23-24-21(27)20-13-19-15(2)25-26(22(19)29-20)17-7-5-4-6-8-17/h4-13,23H,1H2,2-3H3,(H,24,27). The van der Waals surface area contributed by atoms with E-state index < -0.39 is 0 Å². The number of hydrazine groups is 1. The van der Waals surface area contributed by atoms with Gasteiger partial charge in [-0.15, -0.1) is 11.3 Å². The van der Waals surface area contributed by atoms with Gasteiger partial charge in [-0.25, -0.2) is 4.68 Å². The van der Waals surface area contributed by atoms with Crippen molar-refractivity contribution in [2.45, 2.75) is 6.92 Å². The quantitative estimate of drug-likeness (QED) is 0.470. The topological polar surface area (TPSA) is 68.2 Å². The Balaban J connectivity index is 1.51. The SMILES string of the molecule is C=C(NNC(=O)c1cc2c(C)nn(-c3ccccc3)c2s1)c1ccc(OC)cc1. The zero-order valence-electron chi connectivity index (χ0n) is 16.1. The summed E-state index contributed by atoms with van der Waals surface area (Å²) in [5.74, 6) is 0.540. The number of para-hydroxylation sites is 1. The fourth-order valence-electron chi connectivity index (χ4n) is 2.96. The summed E-state index contributed by atoms with van der Waals surface area (Å²) in [7, 11) is 1.62. The van der Waals surface area contributed by atoms with E-state index in [-0.39, 0.29) is 5.91 Å². The summed E-state index contributed by atoms with van der Waals surface area (Å²) >= 11 is 1.40. The number of fused-ring (bicyclic) bond motifs is 1. The molecule has 2 heterocycles. The van der Waals surface area contributed by atoms with Gasteiger partial charge in [0.2, 0.25) is 0 Å². The molecule has 0 saturated carbocycles. The first kappa shape index (κ1) is 18.8. The number of hydrogen-bond donors (Lipinski definition) is 2. The number of carbonyl (C=O) groups is 1. The Labute approximate surface area is 172 Å². The van der Waals surface area contributed by atoms with Gasteiger partial charge in [-0.2, -0.15) is 5.10 Å². The number of nitrogens with one attached hydrogen (secondary N) is 2. The van der Waals surface area contributed by atoms with Crippen LogP contribution in [0.25, 0.3) is 21.6 Å². The van der Waals surface area contributed by atoms with Gasteiger partial charge >= 0.3 is 0 Å². The number of aromatic nitrogens is 2. The molecule has 146 valence electrons. The van der Waals surface area contributed by atoms with E-state index in [0.717, 1.165) is 32.9 Å². The second kappa shape index (κ2) is 7.81. The summed E-state index contributed by atoms with van der Waals surface area (Å²) in [6.07, 6.45) is 0. The van der Waals surface area contributed by atoms with Gasteiger partial charge in [-0.3, -0.25) is 15.6 Å². The lowest BCUT2D eigenvalue weighted by Crippen LogP contribution is -2.35. The van der Waals surface area contributed by atoms with Crippen LogP contribution in [0, 0.1) is 6.92 Å². The van der Waals surface area contributed by atoms with Crippen molar-refractivity contribution in [2.75, 3.05) is 7.11 Å². The minimum Gasteiger partial charge on any atom is -0.497 e. The summed E-state index contributed by atoms with van der Waals surface area (Å²) in [6, 6.07) is 19.2. The molecule has 0 bridgehead atoms. The molecule has 0 aliphatic heterocycles. The summed E-state index contributed by atoms with van der Waals surface area (Å²) in [6.45, 7) is 5.91. The maximum absolute atomic E-state index is 12.7. The molecule has 0 aliphatic rings. The van der Waals surface area contributed by atoms with Crippen molar-refractivity contribution in [3.05, 3.63) is 83.4 Å². The third kappa shape index (κ3) is 3.72. The molecule has 0 radical (unpaired) electrons. The Kier molecular flexibility index (Phi) is 5.05. The summed E-state index contributed by atoms with van der Waals surface area (Å²) in [5, 5.41) is 5.57. The molecule has 0 atom stereocenters. The molecule has 7 heteroatoms. The van der Waals surface area contributed by atoms with E-state index in [9.17, 15) is 4.79 Å². The summed E-state index contributed by atoms with van der Waals surface area (Å²) in [4.78, 5) is 14.2. The minimum atomic E-state index is -0.222. The molecule has 29 heavy (non-hydrogen) atoms. The maximum Gasteiger partial charge on any atom is 0.279 e. The Morgan fingerprint density at radius 3 is 2.52 bits per heavy atom. The van der Waals surface area contributed by atoms with E-state index in [1.165, 1.54) is 11.3 Å². The number of ether oxygens (including phenoxy) is 1. The van der Waals surface area contributed by atoms with Crippen LogP contribution in [0.3, 0.4) is 0 Å². The van der Waals surface area contributed by atoms with Gasteiger partial charge in [0.05, 0.1) is 29.1 Å². The number of nitrogens with zero attached hydrogens (tertiary/aromatic N) is 2. The number of carbonyl (C=O) groups excluding carboxylic acids is 1. The number of rotatable bonds is 6. The zero-order chi connectivity index (χ0) is 20.4. The first-order valence-electron chi connectivity index (χ1n) is 9.01. The van der Waals surface area contributed by atoms with Crippen molar-refractivity contribution >= 4 is 33.2 Å². The number of methoxy groups -OCH3 is 1. The second-order valence-electron chi connectivity index (χ2n) is 6.45. The van der Waals surface area contributed by atoms with Crippen LogP contribution in [-0.4, -0.2) is 22.8 Å². The molecule has 0 saturated heterocycles. The fraction of sp³-hybridized carbons (Fsp3) is 0.0909. The molecule has 6 nitrogen and oxygen atoms in total. The van der Waals surface area contributed by atoms with Gasteiger partial charge in [0.1, 0.15) is 10.6 Å². The Hall–Kier alpha value is -3.58. The van der Waals surface area contributed by atoms with Gasteiger partial charge in [0, 0.05) is 5.39 Å². The molecule has 4 aromatic rings. The molecule has 0 spiro atoms. The van der Waals surface area contributed by atoms with Crippen molar-refractivity contribution in [1.82, 2.24) is 20.6 Å². The molecule has 0 unspecified atom stereocenters. The highest BCUT2D eigenvalue weighted by Gasteiger charge is 2.17. The molecule has 4 rings (SSSR count). The van der Waals surface area contributed by atoms with E-state index >= 15 is 0 Å². The van der Waals surface area contributed by atoms with Gasteiger partial charge in [-0.05, 0) is 55.0 Å². The van der Waals surface area contributed by atoms with Gasteiger partial charge in [0.15, 0.2) is 0 Å².